The second kappa shape index (κ2) is 8.10. The van der Waals surface area contributed by atoms with Crippen LogP contribution in [0.25, 0.3) is 0 Å². The number of carbonyl (C=O) groups excluding carboxylic acids is 2. The van der Waals surface area contributed by atoms with E-state index >= 15 is 0 Å². The van der Waals surface area contributed by atoms with Crippen molar-refractivity contribution < 1.29 is 24.6 Å². The number of hydrogen-bond acceptors (Lipinski definition) is 7. The van der Waals surface area contributed by atoms with Crippen LogP contribution in [0.1, 0.15) is 27.2 Å². The van der Waals surface area contributed by atoms with E-state index in [0.29, 0.717) is 36.8 Å². The Bertz CT molecular complexity index is 864. The molecule has 4 aliphatic rings. The van der Waals surface area contributed by atoms with Crippen LogP contribution in [-0.2, 0) is 14.4 Å². The molecule has 0 bridgehead atoms. The van der Waals surface area contributed by atoms with Crippen molar-refractivity contribution in [2.24, 2.45) is 22.6 Å². The van der Waals surface area contributed by atoms with Gasteiger partial charge in [0.05, 0.1) is 36.0 Å². The Morgan fingerprint density at radius 3 is 2.61 bits per heavy atom. The summed E-state index contributed by atoms with van der Waals surface area (Å²) in [6, 6.07) is -0.569. The van der Waals surface area contributed by atoms with Crippen molar-refractivity contribution in [3.63, 3.8) is 0 Å². The monoisotopic (exact) mass is 451 g/mol. The zero-order chi connectivity index (χ0) is 22.6. The number of carboxylic acids is 1. The van der Waals surface area contributed by atoms with Crippen LogP contribution in [0.3, 0.4) is 0 Å². The number of nitrogens with one attached hydrogen (secondary N) is 1. The second-order valence-electron chi connectivity index (χ2n) is 8.88. The van der Waals surface area contributed by atoms with Crippen LogP contribution in [0, 0.1) is 11.8 Å². The van der Waals surface area contributed by atoms with Crippen LogP contribution < -0.4 is 11.1 Å². The second-order valence-corrected chi connectivity index (χ2v) is 10.2. The number of amidine groups is 1. The number of nitrogens with zero attached hydrogens (tertiary/aromatic N) is 3. The van der Waals surface area contributed by atoms with Gasteiger partial charge in [0.1, 0.15) is 5.70 Å². The Morgan fingerprint density at radius 2 is 2.03 bits per heavy atom. The third kappa shape index (κ3) is 3.72. The van der Waals surface area contributed by atoms with Crippen molar-refractivity contribution >= 4 is 35.4 Å². The lowest BCUT2D eigenvalue weighted by molar-refractivity contribution is -0.163. The topological polar surface area (TPSA) is 149 Å². The number of aliphatic carboxylic acids is 1. The van der Waals surface area contributed by atoms with Crippen LogP contribution in [0.15, 0.2) is 15.6 Å². The van der Waals surface area contributed by atoms with E-state index in [9.17, 15) is 24.6 Å². The van der Waals surface area contributed by atoms with E-state index in [0.717, 1.165) is 0 Å². The van der Waals surface area contributed by atoms with E-state index in [1.807, 2.05) is 6.92 Å². The highest BCUT2D eigenvalue weighted by atomic mass is 32.2. The van der Waals surface area contributed by atoms with Crippen molar-refractivity contribution in [1.29, 1.82) is 0 Å². The fraction of sp³-hybridized carbons (Fsp3) is 0.700. The smallest absolute Gasteiger partial charge is 0.353 e. The minimum absolute atomic E-state index is 0.0276. The van der Waals surface area contributed by atoms with Crippen molar-refractivity contribution in [3.8, 4) is 0 Å². The van der Waals surface area contributed by atoms with E-state index in [1.165, 1.54) is 16.7 Å². The molecule has 5 N–H and O–H groups in total. The van der Waals surface area contributed by atoms with Crippen LogP contribution in [0.4, 0.5) is 0 Å². The van der Waals surface area contributed by atoms with Crippen molar-refractivity contribution in [2.45, 2.75) is 56.7 Å². The summed E-state index contributed by atoms with van der Waals surface area (Å²) < 4.78 is 0. The number of likely N-dealkylation sites (tertiary alicyclic amines) is 1. The van der Waals surface area contributed by atoms with Gasteiger partial charge in [-0.25, -0.2) is 4.79 Å². The summed E-state index contributed by atoms with van der Waals surface area (Å²) >= 11 is 1.44. The molecule has 0 radical (unpaired) electrons. The summed E-state index contributed by atoms with van der Waals surface area (Å²) in [5.41, 5.74) is 5.62. The lowest BCUT2D eigenvalue weighted by atomic mass is 9.79. The lowest BCUT2D eigenvalue weighted by Gasteiger charge is -2.46. The summed E-state index contributed by atoms with van der Waals surface area (Å²) in [6.45, 7) is 6.91. The van der Waals surface area contributed by atoms with Crippen LogP contribution in [0.5, 0.6) is 0 Å². The Morgan fingerprint density at radius 1 is 1.35 bits per heavy atom. The minimum atomic E-state index is -1.13. The number of thioether (sulfide) groups is 1. The van der Waals surface area contributed by atoms with Crippen LogP contribution in [-0.4, -0.2) is 92.7 Å². The summed E-state index contributed by atoms with van der Waals surface area (Å²) in [4.78, 5) is 45.2. The maximum Gasteiger partial charge on any atom is 0.353 e. The van der Waals surface area contributed by atoms with Crippen molar-refractivity contribution in [2.75, 3.05) is 19.6 Å². The van der Waals surface area contributed by atoms with Crippen LogP contribution in [0.2, 0.25) is 0 Å². The average Bonchev–Trinajstić information content (AvgIpc) is 3.19. The molecular formula is C20H29N5O5S. The van der Waals surface area contributed by atoms with Gasteiger partial charge < -0.3 is 31.1 Å². The molecule has 3 saturated heterocycles. The third-order valence-corrected chi connectivity index (χ3v) is 8.07. The number of hydrogen-bond donors (Lipinski definition) is 4. The Labute approximate surface area is 184 Å². The van der Waals surface area contributed by atoms with Gasteiger partial charge in [0.15, 0.2) is 0 Å². The largest absolute Gasteiger partial charge is 0.477 e. The maximum absolute atomic E-state index is 12.7. The molecular weight excluding hydrogens is 422 g/mol. The molecule has 0 aliphatic carbocycles. The number of fused-ring (bicyclic) bond motifs is 1. The maximum atomic E-state index is 12.7. The molecule has 31 heavy (non-hydrogen) atoms. The molecule has 4 heterocycles. The standard InChI is InChI=1S/C20H29N5O5S/c1-8-15-14(9(2)26)19(28)25(15)16(20(29)30)17(8)31-12-4-13(22-5-12)18(27)24-6-11(7-24)23-10(3)21/h8-9,11-15,22,26H,4-7H2,1-3H3,(H2,21,23)(H,29,30)/t8?,9?,12?,13?,14?,15-/m1/s1. The average molecular weight is 452 g/mol. The van der Waals surface area contributed by atoms with Gasteiger partial charge in [-0.15, -0.1) is 11.8 Å². The summed E-state index contributed by atoms with van der Waals surface area (Å²) in [6.07, 6.45) is -0.232. The predicted octanol–water partition coefficient (Wildman–Crippen LogP) is -0.808. The zero-order valence-electron chi connectivity index (χ0n) is 17.8. The van der Waals surface area contributed by atoms with Crippen molar-refractivity contribution in [1.82, 2.24) is 15.1 Å². The highest BCUT2D eigenvalue weighted by molar-refractivity contribution is 8.03. The number of β-lactam (4-membered cyclic amide) rings is 1. The fourth-order valence-corrected chi connectivity index (χ4v) is 6.54. The first-order valence-corrected chi connectivity index (χ1v) is 11.4. The molecule has 6 atom stereocenters. The molecule has 10 nitrogen and oxygen atoms in total. The predicted molar refractivity (Wildman–Crippen MR) is 115 cm³/mol. The molecule has 3 fully saturated rings. The number of rotatable bonds is 6. The summed E-state index contributed by atoms with van der Waals surface area (Å²) in [5, 5.41) is 23.0. The first kappa shape index (κ1) is 22.1. The van der Waals surface area contributed by atoms with E-state index in [-0.39, 0.29) is 46.8 Å². The summed E-state index contributed by atoms with van der Waals surface area (Å²) in [7, 11) is 0. The fourth-order valence-electron chi connectivity index (χ4n) is 5.06. The van der Waals surface area contributed by atoms with Gasteiger partial charge in [-0.05, 0) is 20.3 Å². The molecule has 0 aromatic rings. The van der Waals surface area contributed by atoms with E-state index in [1.54, 1.807) is 18.7 Å². The zero-order valence-corrected chi connectivity index (χ0v) is 18.6. The van der Waals surface area contributed by atoms with Gasteiger partial charge in [-0.1, -0.05) is 6.92 Å². The van der Waals surface area contributed by atoms with Gasteiger partial charge >= 0.3 is 5.97 Å². The van der Waals surface area contributed by atoms with Gasteiger partial charge in [0, 0.05) is 35.7 Å². The molecule has 0 saturated carbocycles. The third-order valence-electron chi connectivity index (χ3n) is 6.55. The lowest BCUT2D eigenvalue weighted by Crippen LogP contribution is -2.63. The number of carbonyl (C=O) groups is 3. The van der Waals surface area contributed by atoms with Gasteiger partial charge in [0.25, 0.3) is 0 Å². The van der Waals surface area contributed by atoms with E-state index in [4.69, 9.17) is 5.73 Å². The van der Waals surface area contributed by atoms with E-state index < -0.39 is 18.0 Å². The molecule has 0 aromatic carbocycles. The molecule has 2 amide bonds. The SMILES string of the molecule is CC(N)=NC1CN(C(=O)C2CC(SC3=C(C(=O)O)N4C(=O)C(C(C)O)[C@H]4C3C)CN2)C1. The first-order chi connectivity index (χ1) is 14.6. The van der Waals surface area contributed by atoms with E-state index in [2.05, 4.69) is 10.3 Å². The first-order valence-electron chi connectivity index (χ1n) is 10.6. The number of amides is 2. The van der Waals surface area contributed by atoms with Gasteiger partial charge in [-0.2, -0.15) is 0 Å². The Balaban J connectivity index is 1.40. The molecule has 4 aliphatic heterocycles. The number of aliphatic imine (C=N–C) groups is 1. The molecule has 11 heteroatoms. The normalized spacial score (nSPS) is 34.5. The number of aliphatic hydroxyl groups excluding tert-OH is 1. The quantitative estimate of drug-likeness (QED) is 0.233. The van der Waals surface area contributed by atoms with Gasteiger partial charge in [-0.3, -0.25) is 14.6 Å². The molecule has 170 valence electrons. The minimum Gasteiger partial charge on any atom is -0.477 e. The Hall–Kier alpha value is -2.11. The molecule has 4 rings (SSSR count). The molecule has 0 spiro atoms. The molecule has 0 aromatic heterocycles. The molecule has 5 unspecified atom stereocenters. The highest BCUT2D eigenvalue weighted by Crippen LogP contribution is 2.51. The number of nitrogens with two attached hydrogens (primary N) is 1. The number of aliphatic hydroxyl groups is 1. The Kier molecular flexibility index (Phi) is 5.78. The highest BCUT2D eigenvalue weighted by Gasteiger charge is 2.60. The van der Waals surface area contributed by atoms with Crippen LogP contribution >= 0.6 is 11.8 Å². The van der Waals surface area contributed by atoms with Crippen molar-refractivity contribution in [3.05, 3.63) is 10.6 Å². The summed E-state index contributed by atoms with van der Waals surface area (Å²) in [5.74, 6) is -1.66. The van der Waals surface area contributed by atoms with Gasteiger partial charge in [0.2, 0.25) is 11.8 Å². The number of carboxylic acid groups (broad SMARTS) is 1.